The number of nitrogens with one attached hydrogen (secondary N) is 1. The summed E-state index contributed by atoms with van der Waals surface area (Å²) in [4.78, 5) is 33.7. The molecule has 0 saturated heterocycles. The Morgan fingerprint density at radius 3 is 2.43 bits per heavy atom. The van der Waals surface area contributed by atoms with E-state index in [-0.39, 0.29) is 6.61 Å². The van der Waals surface area contributed by atoms with Gasteiger partial charge in [-0.2, -0.15) is 0 Å². The maximum Gasteiger partial charge on any atom is 0.407 e. The highest BCUT2D eigenvalue weighted by atomic mass is 16.6. The molecule has 0 heterocycles. The van der Waals surface area contributed by atoms with Crippen LogP contribution in [0.2, 0.25) is 0 Å². The standard InChI is InChI=1S/C16H19NO6/c1-12(11-22-15(19)9-8-14(18)21-2)23-16(20)17-10-13-6-4-3-5-7-13/h3-9,12H,10-11H2,1-2H3,(H,17,20)/b9-8+/t12-/m1/s1. The third kappa shape index (κ3) is 8.25. The maximum atomic E-state index is 11.6. The van der Waals surface area contributed by atoms with Crippen LogP contribution in [-0.2, 0) is 30.3 Å². The summed E-state index contributed by atoms with van der Waals surface area (Å²) in [6.07, 6.45) is 0.651. The number of rotatable bonds is 7. The van der Waals surface area contributed by atoms with Crippen LogP contribution < -0.4 is 5.32 Å². The maximum absolute atomic E-state index is 11.6. The minimum Gasteiger partial charge on any atom is -0.466 e. The number of amides is 1. The number of carbonyl (C=O) groups is 3. The van der Waals surface area contributed by atoms with Gasteiger partial charge in [0, 0.05) is 18.7 Å². The predicted octanol–water partition coefficient (Wildman–Crippen LogP) is 1.57. The summed E-state index contributed by atoms with van der Waals surface area (Å²) >= 11 is 0. The van der Waals surface area contributed by atoms with Crippen LogP contribution in [0.4, 0.5) is 4.79 Å². The van der Waals surface area contributed by atoms with Gasteiger partial charge in [-0.15, -0.1) is 0 Å². The second kappa shape index (κ2) is 9.99. The molecule has 0 aliphatic carbocycles. The van der Waals surface area contributed by atoms with Gasteiger partial charge in [0.15, 0.2) is 0 Å². The smallest absolute Gasteiger partial charge is 0.407 e. The van der Waals surface area contributed by atoms with Crippen molar-refractivity contribution in [3.05, 3.63) is 48.0 Å². The molecule has 7 heteroatoms. The Morgan fingerprint density at radius 2 is 1.78 bits per heavy atom. The van der Waals surface area contributed by atoms with Crippen molar-refractivity contribution in [2.24, 2.45) is 0 Å². The molecule has 0 fully saturated rings. The van der Waals surface area contributed by atoms with Gasteiger partial charge in [-0.3, -0.25) is 0 Å². The molecule has 0 aromatic heterocycles. The summed E-state index contributed by atoms with van der Waals surface area (Å²) in [6.45, 7) is 1.80. The molecular formula is C16H19NO6. The Kier molecular flexibility index (Phi) is 7.91. The van der Waals surface area contributed by atoms with Crippen molar-refractivity contribution in [2.45, 2.75) is 19.6 Å². The number of esters is 2. The van der Waals surface area contributed by atoms with Crippen molar-refractivity contribution in [2.75, 3.05) is 13.7 Å². The lowest BCUT2D eigenvalue weighted by molar-refractivity contribution is -0.141. The number of methoxy groups -OCH3 is 1. The first-order valence-corrected chi connectivity index (χ1v) is 6.92. The minimum atomic E-state index is -0.726. The third-order valence-corrected chi connectivity index (χ3v) is 2.60. The lowest BCUT2D eigenvalue weighted by Gasteiger charge is -2.13. The molecule has 1 aromatic carbocycles. The summed E-state index contributed by atoms with van der Waals surface area (Å²) in [5, 5.41) is 2.59. The summed E-state index contributed by atoms with van der Waals surface area (Å²) in [5.74, 6) is -1.39. The van der Waals surface area contributed by atoms with Gasteiger partial charge < -0.3 is 19.5 Å². The first-order chi connectivity index (χ1) is 11.0. The van der Waals surface area contributed by atoms with E-state index in [9.17, 15) is 14.4 Å². The van der Waals surface area contributed by atoms with Gasteiger partial charge in [0.2, 0.25) is 0 Å². The first-order valence-electron chi connectivity index (χ1n) is 6.92. The number of hydrogen-bond donors (Lipinski definition) is 1. The molecule has 1 N–H and O–H groups in total. The van der Waals surface area contributed by atoms with Crippen LogP contribution >= 0.6 is 0 Å². The Labute approximate surface area is 134 Å². The van der Waals surface area contributed by atoms with Crippen LogP contribution in [0.3, 0.4) is 0 Å². The Bertz CT molecular complexity index is 555. The molecule has 0 aliphatic rings. The molecule has 0 bridgehead atoms. The molecule has 7 nitrogen and oxygen atoms in total. The number of alkyl carbamates (subject to hydrolysis) is 1. The van der Waals surface area contributed by atoms with Crippen molar-refractivity contribution in [3.8, 4) is 0 Å². The van der Waals surface area contributed by atoms with Crippen molar-refractivity contribution < 1.29 is 28.6 Å². The van der Waals surface area contributed by atoms with Crippen LogP contribution in [0.1, 0.15) is 12.5 Å². The van der Waals surface area contributed by atoms with E-state index in [2.05, 4.69) is 10.1 Å². The topological polar surface area (TPSA) is 90.9 Å². The molecule has 0 aliphatic heterocycles. The lowest BCUT2D eigenvalue weighted by Crippen LogP contribution is -2.30. The van der Waals surface area contributed by atoms with E-state index in [1.807, 2.05) is 30.3 Å². The Morgan fingerprint density at radius 1 is 1.13 bits per heavy atom. The Balaban J connectivity index is 2.23. The van der Waals surface area contributed by atoms with Gasteiger partial charge in [0.1, 0.15) is 12.7 Å². The summed E-state index contributed by atoms with van der Waals surface area (Å²) in [7, 11) is 1.20. The molecule has 1 aromatic rings. The Hall–Kier alpha value is -2.83. The van der Waals surface area contributed by atoms with Crippen LogP contribution in [0.15, 0.2) is 42.5 Å². The first kappa shape index (κ1) is 18.2. The van der Waals surface area contributed by atoms with E-state index in [0.717, 1.165) is 17.7 Å². The van der Waals surface area contributed by atoms with E-state index < -0.39 is 24.1 Å². The van der Waals surface area contributed by atoms with Crippen molar-refractivity contribution in [1.29, 1.82) is 0 Å². The van der Waals surface area contributed by atoms with Crippen LogP contribution in [-0.4, -0.2) is 37.9 Å². The zero-order chi connectivity index (χ0) is 17.1. The van der Waals surface area contributed by atoms with E-state index in [0.29, 0.717) is 6.54 Å². The molecule has 23 heavy (non-hydrogen) atoms. The van der Waals surface area contributed by atoms with Gasteiger partial charge in [-0.05, 0) is 12.5 Å². The summed E-state index contributed by atoms with van der Waals surface area (Å²) in [6, 6.07) is 9.36. The predicted molar refractivity (Wildman–Crippen MR) is 81.3 cm³/mol. The molecule has 1 amide bonds. The summed E-state index contributed by atoms with van der Waals surface area (Å²) in [5.41, 5.74) is 0.941. The van der Waals surface area contributed by atoms with E-state index in [1.165, 1.54) is 7.11 Å². The number of hydrogen-bond acceptors (Lipinski definition) is 6. The fourth-order valence-electron chi connectivity index (χ4n) is 1.48. The van der Waals surface area contributed by atoms with Gasteiger partial charge in [-0.1, -0.05) is 30.3 Å². The molecule has 0 unspecified atom stereocenters. The second-order valence-electron chi connectivity index (χ2n) is 4.54. The molecule has 0 radical (unpaired) electrons. The van der Waals surface area contributed by atoms with Gasteiger partial charge in [0.05, 0.1) is 7.11 Å². The number of carbonyl (C=O) groups excluding carboxylic acids is 3. The summed E-state index contributed by atoms with van der Waals surface area (Å²) < 4.78 is 14.2. The number of benzene rings is 1. The molecule has 124 valence electrons. The highest BCUT2D eigenvalue weighted by Gasteiger charge is 2.11. The quantitative estimate of drug-likeness (QED) is 0.466. The number of ether oxygens (including phenoxy) is 3. The largest absolute Gasteiger partial charge is 0.466 e. The van der Waals surface area contributed by atoms with Crippen LogP contribution in [0.25, 0.3) is 0 Å². The van der Waals surface area contributed by atoms with Crippen molar-refractivity contribution >= 4 is 18.0 Å². The van der Waals surface area contributed by atoms with Crippen LogP contribution in [0, 0.1) is 0 Å². The average molecular weight is 321 g/mol. The fraction of sp³-hybridized carbons (Fsp3) is 0.312. The van der Waals surface area contributed by atoms with Gasteiger partial charge in [0.25, 0.3) is 0 Å². The van der Waals surface area contributed by atoms with Crippen LogP contribution in [0.5, 0.6) is 0 Å². The van der Waals surface area contributed by atoms with Gasteiger partial charge >= 0.3 is 18.0 Å². The van der Waals surface area contributed by atoms with E-state index in [1.54, 1.807) is 6.92 Å². The zero-order valence-corrected chi connectivity index (χ0v) is 13.0. The lowest BCUT2D eigenvalue weighted by atomic mass is 10.2. The highest BCUT2D eigenvalue weighted by molar-refractivity contribution is 5.91. The zero-order valence-electron chi connectivity index (χ0n) is 13.0. The van der Waals surface area contributed by atoms with Crippen molar-refractivity contribution in [1.82, 2.24) is 5.32 Å². The molecular weight excluding hydrogens is 302 g/mol. The highest BCUT2D eigenvalue weighted by Crippen LogP contribution is 1.99. The average Bonchev–Trinajstić information content (AvgIpc) is 2.56. The molecule has 0 saturated carbocycles. The molecule has 1 rings (SSSR count). The monoisotopic (exact) mass is 321 g/mol. The van der Waals surface area contributed by atoms with E-state index in [4.69, 9.17) is 9.47 Å². The minimum absolute atomic E-state index is 0.122. The molecule has 1 atom stereocenters. The molecule has 0 spiro atoms. The van der Waals surface area contributed by atoms with E-state index >= 15 is 0 Å². The SMILES string of the molecule is COC(=O)/C=C/C(=O)OC[C@@H](C)OC(=O)NCc1ccccc1. The second-order valence-corrected chi connectivity index (χ2v) is 4.54. The van der Waals surface area contributed by atoms with Crippen molar-refractivity contribution in [3.63, 3.8) is 0 Å². The normalized spacial score (nSPS) is 11.6. The fourth-order valence-corrected chi connectivity index (χ4v) is 1.48. The van der Waals surface area contributed by atoms with Gasteiger partial charge in [-0.25, -0.2) is 14.4 Å². The third-order valence-electron chi connectivity index (χ3n) is 2.60.